The van der Waals surface area contributed by atoms with Crippen LogP contribution >= 0.6 is 15.9 Å². The molecule has 0 atom stereocenters. The maximum absolute atomic E-state index is 8.90. The van der Waals surface area contributed by atoms with Crippen molar-refractivity contribution < 1.29 is 4.74 Å². The molecule has 0 aliphatic heterocycles. The highest BCUT2D eigenvalue weighted by atomic mass is 79.9. The molecule has 102 valence electrons. The van der Waals surface area contributed by atoms with Crippen molar-refractivity contribution in [3.8, 4) is 11.8 Å². The topological polar surface area (TPSA) is 33.0 Å². The van der Waals surface area contributed by atoms with Crippen LogP contribution in [0.2, 0.25) is 0 Å². The summed E-state index contributed by atoms with van der Waals surface area (Å²) in [6.45, 7) is 4.76. The van der Waals surface area contributed by atoms with E-state index >= 15 is 0 Å². The highest BCUT2D eigenvalue weighted by molar-refractivity contribution is 9.10. The van der Waals surface area contributed by atoms with Crippen molar-refractivity contribution in [2.75, 3.05) is 0 Å². The van der Waals surface area contributed by atoms with E-state index in [9.17, 15) is 0 Å². The van der Waals surface area contributed by atoms with E-state index in [4.69, 9.17) is 10.00 Å². The fraction of sp³-hybridized carbons (Fsp3) is 0.235. The van der Waals surface area contributed by atoms with Gasteiger partial charge in [-0.05, 0) is 47.4 Å². The Kier molecular flexibility index (Phi) is 4.81. The SMILES string of the molecule is CC(C)c1cc(Br)ccc1OCc1cccc(C#N)c1. The molecule has 2 aromatic rings. The Morgan fingerprint density at radius 2 is 2.00 bits per heavy atom. The van der Waals surface area contributed by atoms with Crippen LogP contribution in [0.3, 0.4) is 0 Å². The lowest BCUT2D eigenvalue weighted by molar-refractivity contribution is 0.301. The lowest BCUT2D eigenvalue weighted by Crippen LogP contribution is -2.00. The number of halogens is 1. The van der Waals surface area contributed by atoms with E-state index in [1.807, 2.05) is 30.3 Å². The quantitative estimate of drug-likeness (QED) is 0.788. The Bertz CT molecular complexity index is 644. The minimum absolute atomic E-state index is 0.396. The highest BCUT2D eigenvalue weighted by Crippen LogP contribution is 2.30. The minimum atomic E-state index is 0.396. The summed E-state index contributed by atoms with van der Waals surface area (Å²) in [5.74, 6) is 1.29. The Morgan fingerprint density at radius 1 is 1.20 bits per heavy atom. The molecule has 0 saturated heterocycles. The Hall–Kier alpha value is -1.79. The first-order chi connectivity index (χ1) is 9.60. The highest BCUT2D eigenvalue weighted by Gasteiger charge is 2.09. The summed E-state index contributed by atoms with van der Waals surface area (Å²) in [6, 6.07) is 15.7. The molecule has 0 aliphatic carbocycles. The third kappa shape index (κ3) is 3.61. The van der Waals surface area contributed by atoms with E-state index in [2.05, 4.69) is 41.9 Å². The molecule has 0 aromatic heterocycles. The predicted octanol–water partition coefficient (Wildman–Crippen LogP) is 5.02. The van der Waals surface area contributed by atoms with Gasteiger partial charge in [0.15, 0.2) is 0 Å². The largest absolute Gasteiger partial charge is 0.489 e. The van der Waals surface area contributed by atoms with Crippen LogP contribution in [-0.2, 0) is 6.61 Å². The lowest BCUT2D eigenvalue weighted by atomic mass is 10.0. The van der Waals surface area contributed by atoms with Crippen LogP contribution in [0.1, 0.15) is 36.5 Å². The average Bonchev–Trinajstić information content (AvgIpc) is 2.46. The van der Waals surface area contributed by atoms with Crippen molar-refractivity contribution in [2.24, 2.45) is 0 Å². The standard InChI is InChI=1S/C17H16BrNO/c1-12(2)16-9-15(18)6-7-17(16)20-11-14-5-3-4-13(8-14)10-19/h3-9,12H,11H2,1-2H3. The Labute approximate surface area is 128 Å². The van der Waals surface area contributed by atoms with Crippen LogP contribution in [0.5, 0.6) is 5.75 Å². The van der Waals surface area contributed by atoms with Crippen LogP contribution in [0, 0.1) is 11.3 Å². The molecule has 0 fully saturated rings. The molecule has 0 amide bonds. The zero-order chi connectivity index (χ0) is 14.5. The monoisotopic (exact) mass is 329 g/mol. The molecule has 0 radical (unpaired) electrons. The van der Waals surface area contributed by atoms with Crippen molar-refractivity contribution in [1.82, 2.24) is 0 Å². The van der Waals surface area contributed by atoms with Gasteiger partial charge in [0.1, 0.15) is 12.4 Å². The summed E-state index contributed by atoms with van der Waals surface area (Å²) in [4.78, 5) is 0. The second-order valence-corrected chi connectivity index (χ2v) is 5.85. The summed E-state index contributed by atoms with van der Waals surface area (Å²) in [5, 5.41) is 8.90. The van der Waals surface area contributed by atoms with Gasteiger partial charge < -0.3 is 4.74 Å². The normalized spacial score (nSPS) is 10.3. The third-order valence-electron chi connectivity index (χ3n) is 3.04. The van der Waals surface area contributed by atoms with Gasteiger partial charge in [0.05, 0.1) is 11.6 Å². The molecule has 0 bridgehead atoms. The van der Waals surface area contributed by atoms with Crippen LogP contribution in [0.25, 0.3) is 0 Å². The number of rotatable bonds is 4. The number of ether oxygens (including phenoxy) is 1. The predicted molar refractivity (Wildman–Crippen MR) is 83.7 cm³/mol. The number of hydrogen-bond donors (Lipinski definition) is 0. The molecular formula is C17H16BrNO. The molecule has 2 aromatic carbocycles. The van der Waals surface area contributed by atoms with E-state index in [1.165, 1.54) is 5.56 Å². The van der Waals surface area contributed by atoms with Gasteiger partial charge in [0.25, 0.3) is 0 Å². The smallest absolute Gasteiger partial charge is 0.123 e. The van der Waals surface area contributed by atoms with Gasteiger partial charge in [0.2, 0.25) is 0 Å². The minimum Gasteiger partial charge on any atom is -0.489 e. The van der Waals surface area contributed by atoms with Crippen molar-refractivity contribution in [3.05, 3.63) is 63.6 Å². The van der Waals surface area contributed by atoms with Gasteiger partial charge in [-0.1, -0.05) is 41.9 Å². The first-order valence-electron chi connectivity index (χ1n) is 6.51. The molecule has 0 N–H and O–H groups in total. The summed E-state index contributed by atoms with van der Waals surface area (Å²) in [6.07, 6.45) is 0. The summed E-state index contributed by atoms with van der Waals surface area (Å²) in [7, 11) is 0. The lowest BCUT2D eigenvalue weighted by Gasteiger charge is -2.14. The second-order valence-electron chi connectivity index (χ2n) is 4.94. The molecule has 0 heterocycles. The zero-order valence-corrected chi connectivity index (χ0v) is 13.1. The zero-order valence-electron chi connectivity index (χ0n) is 11.6. The van der Waals surface area contributed by atoms with Crippen molar-refractivity contribution in [3.63, 3.8) is 0 Å². The van der Waals surface area contributed by atoms with Gasteiger partial charge in [0, 0.05) is 4.47 Å². The van der Waals surface area contributed by atoms with Crippen molar-refractivity contribution in [2.45, 2.75) is 26.4 Å². The fourth-order valence-electron chi connectivity index (χ4n) is 1.99. The number of nitriles is 1. The van der Waals surface area contributed by atoms with Crippen LogP contribution in [0.15, 0.2) is 46.9 Å². The molecular weight excluding hydrogens is 314 g/mol. The van der Waals surface area contributed by atoms with E-state index in [-0.39, 0.29) is 0 Å². The number of benzene rings is 2. The van der Waals surface area contributed by atoms with Gasteiger partial charge in [-0.3, -0.25) is 0 Å². The number of hydrogen-bond acceptors (Lipinski definition) is 2. The first kappa shape index (κ1) is 14.6. The van der Waals surface area contributed by atoms with Crippen LogP contribution in [0.4, 0.5) is 0 Å². The van der Waals surface area contributed by atoms with E-state index in [0.29, 0.717) is 18.1 Å². The van der Waals surface area contributed by atoms with E-state index < -0.39 is 0 Å². The first-order valence-corrected chi connectivity index (χ1v) is 7.30. The molecule has 2 nitrogen and oxygen atoms in total. The Morgan fingerprint density at radius 3 is 2.70 bits per heavy atom. The van der Waals surface area contributed by atoms with Crippen molar-refractivity contribution in [1.29, 1.82) is 5.26 Å². The van der Waals surface area contributed by atoms with Crippen LogP contribution < -0.4 is 4.74 Å². The average molecular weight is 330 g/mol. The molecule has 0 spiro atoms. The van der Waals surface area contributed by atoms with E-state index in [0.717, 1.165) is 15.8 Å². The Balaban J connectivity index is 2.16. The molecule has 0 unspecified atom stereocenters. The summed E-state index contributed by atoms with van der Waals surface area (Å²) >= 11 is 3.49. The molecule has 0 saturated carbocycles. The van der Waals surface area contributed by atoms with Crippen molar-refractivity contribution >= 4 is 15.9 Å². The molecule has 3 heteroatoms. The van der Waals surface area contributed by atoms with Gasteiger partial charge in [-0.2, -0.15) is 5.26 Å². The van der Waals surface area contributed by atoms with Gasteiger partial charge in [-0.25, -0.2) is 0 Å². The van der Waals surface area contributed by atoms with Gasteiger partial charge >= 0.3 is 0 Å². The second kappa shape index (κ2) is 6.58. The maximum atomic E-state index is 8.90. The summed E-state index contributed by atoms with van der Waals surface area (Å²) in [5.41, 5.74) is 2.84. The maximum Gasteiger partial charge on any atom is 0.123 e. The van der Waals surface area contributed by atoms with Gasteiger partial charge in [-0.15, -0.1) is 0 Å². The van der Waals surface area contributed by atoms with Crippen LogP contribution in [-0.4, -0.2) is 0 Å². The molecule has 2 rings (SSSR count). The third-order valence-corrected chi connectivity index (χ3v) is 3.54. The summed E-state index contributed by atoms with van der Waals surface area (Å²) < 4.78 is 6.96. The van der Waals surface area contributed by atoms with E-state index in [1.54, 1.807) is 6.07 Å². The fourth-order valence-corrected chi connectivity index (χ4v) is 2.37. The molecule has 0 aliphatic rings. The molecule has 20 heavy (non-hydrogen) atoms. The number of nitrogens with zero attached hydrogens (tertiary/aromatic N) is 1.